The van der Waals surface area contributed by atoms with Crippen LogP contribution >= 0.6 is 7.60 Å². The number of primary amides is 1. The maximum Gasteiger partial charge on any atom is 0.325 e. The van der Waals surface area contributed by atoms with E-state index in [1.54, 1.807) is 0 Å². The van der Waals surface area contributed by atoms with Gasteiger partial charge in [0.25, 0.3) is 0 Å². The third kappa shape index (κ3) is 19.9. The van der Waals surface area contributed by atoms with E-state index in [1.165, 1.54) is 26.4 Å². The summed E-state index contributed by atoms with van der Waals surface area (Å²) in [6.07, 6.45) is 2.11. The van der Waals surface area contributed by atoms with Gasteiger partial charge < -0.3 is 56.4 Å². The molecule has 0 saturated heterocycles. The number of H-pyrrole nitrogens is 1. The maximum atomic E-state index is 13.7. The topological polar surface area (TPSA) is 305 Å². The Balaban J connectivity index is 3.06. The van der Waals surface area contributed by atoms with E-state index in [9.17, 15) is 48.2 Å². The Kier molecular flexibility index (Phi) is 20.5. The second-order valence-corrected chi connectivity index (χ2v) is 17.5. The maximum absolute atomic E-state index is 13.7. The van der Waals surface area contributed by atoms with Crippen molar-refractivity contribution in [2.24, 2.45) is 17.6 Å². The number of rotatable bonds is 25. The van der Waals surface area contributed by atoms with E-state index in [4.69, 9.17) is 15.2 Å². The highest BCUT2D eigenvalue weighted by atomic mass is 31.2. The van der Waals surface area contributed by atoms with Crippen LogP contribution in [0.1, 0.15) is 80.8 Å². The van der Waals surface area contributed by atoms with Gasteiger partial charge in [-0.25, -0.2) is 4.98 Å². The smallest absolute Gasteiger partial charge is 0.325 e. The van der Waals surface area contributed by atoms with E-state index in [0.717, 1.165) is 4.90 Å². The van der Waals surface area contributed by atoms with Gasteiger partial charge in [-0.05, 0) is 52.9 Å². The molecule has 0 aliphatic carbocycles. The molecule has 6 amide bonds. The van der Waals surface area contributed by atoms with Crippen LogP contribution in [0, 0.1) is 11.8 Å². The first-order chi connectivity index (χ1) is 25.7. The van der Waals surface area contributed by atoms with Crippen LogP contribution in [0.5, 0.6) is 0 Å². The van der Waals surface area contributed by atoms with Crippen LogP contribution in [0.25, 0.3) is 0 Å². The minimum Gasteiger partial charge on any atom is -0.394 e. The molecule has 0 spiro atoms. The van der Waals surface area contributed by atoms with E-state index in [2.05, 4.69) is 31.2 Å². The van der Waals surface area contributed by atoms with Crippen molar-refractivity contribution in [1.29, 1.82) is 0 Å². The van der Waals surface area contributed by atoms with Crippen LogP contribution in [0.3, 0.4) is 0 Å². The molecule has 1 aromatic rings. The van der Waals surface area contributed by atoms with Crippen molar-refractivity contribution < 1.29 is 57.7 Å². The zero-order valence-electron chi connectivity index (χ0n) is 33.9. The number of hydrogen-bond donors (Lipinski definition) is 9. The summed E-state index contributed by atoms with van der Waals surface area (Å²) in [5.41, 5.74) is 4.76. The summed E-state index contributed by atoms with van der Waals surface area (Å²) in [6, 6.07) is -5.42. The number of hydrogen-bond acceptors (Lipinski definition) is 12. The quantitative estimate of drug-likeness (QED) is 0.0540. The first-order valence-corrected chi connectivity index (χ1v) is 20.2. The SMILES string of the molecule is CC(=O)N(CCNC(CC(C)C)C(=O)NC(Cc1cnc[nH]1)C(=O)NC(CO)C(=O)NC(C(N)=O)C(C)CP(=O)(O)O)C(=O)CCOC(C)(C)COC(C)(C)C. The number of aromatic nitrogens is 2. The van der Waals surface area contributed by atoms with E-state index in [-0.39, 0.29) is 44.1 Å². The van der Waals surface area contributed by atoms with Gasteiger partial charge in [0.2, 0.25) is 35.4 Å². The molecule has 10 N–H and O–H groups in total. The molecule has 56 heavy (non-hydrogen) atoms. The average Bonchev–Trinajstić information content (AvgIpc) is 3.57. The highest BCUT2D eigenvalue weighted by Crippen LogP contribution is 2.37. The van der Waals surface area contributed by atoms with Gasteiger partial charge in [-0.1, -0.05) is 20.8 Å². The molecule has 5 atom stereocenters. The van der Waals surface area contributed by atoms with Crippen LogP contribution in [-0.4, -0.2) is 140 Å². The van der Waals surface area contributed by atoms with Gasteiger partial charge in [-0.15, -0.1) is 0 Å². The normalized spacial score (nSPS) is 14.9. The fraction of sp³-hybridized carbons (Fsp3) is 0.743. The number of ether oxygens (including phenoxy) is 2. The number of aliphatic hydroxyl groups is 1. The fourth-order valence-corrected chi connectivity index (χ4v) is 6.30. The van der Waals surface area contributed by atoms with Crippen LogP contribution < -0.4 is 27.0 Å². The van der Waals surface area contributed by atoms with Crippen molar-refractivity contribution in [2.45, 2.75) is 117 Å². The molecule has 21 heteroatoms. The van der Waals surface area contributed by atoms with Gasteiger partial charge in [0.05, 0.1) is 56.0 Å². The van der Waals surface area contributed by atoms with Gasteiger partial charge in [0.1, 0.15) is 18.1 Å². The number of imidazole rings is 1. The first kappa shape index (κ1) is 50.2. The van der Waals surface area contributed by atoms with Crippen LogP contribution in [0.4, 0.5) is 0 Å². The second kappa shape index (κ2) is 22.8. The molecule has 1 aromatic heterocycles. The number of carbonyl (C=O) groups excluding carboxylic acids is 6. The van der Waals surface area contributed by atoms with Crippen molar-refractivity contribution in [3.05, 3.63) is 18.2 Å². The van der Waals surface area contributed by atoms with Crippen LogP contribution in [-0.2, 0) is 49.2 Å². The first-order valence-electron chi connectivity index (χ1n) is 18.4. The molecule has 1 rings (SSSR count). The Morgan fingerprint density at radius 1 is 0.946 bits per heavy atom. The molecule has 0 radical (unpaired) electrons. The Bertz CT molecular complexity index is 1500. The van der Waals surface area contributed by atoms with E-state index >= 15 is 0 Å². The standard InChI is InChI=1S/C35H63N8O12P/c1-21(2)14-25(38-11-12-43(23(4)45)28(46)10-13-54-35(8,9)19-55-34(5,6)7)31(48)40-26(15-24-16-37-20-39-24)32(49)41-27(17-44)33(50)42-29(30(36)47)22(3)18-56(51,52)53/h16,20-22,25-27,29,38,44H,10-15,17-19H2,1-9H3,(H2,36,47)(H,37,39)(H,40,48)(H,41,49)(H,42,50)(H2,51,52,53). The lowest BCUT2D eigenvalue weighted by Crippen LogP contribution is -2.60. The number of nitrogens with two attached hydrogens (primary N) is 1. The Morgan fingerprint density at radius 3 is 2.04 bits per heavy atom. The monoisotopic (exact) mass is 818 g/mol. The minimum absolute atomic E-state index is 0.0138. The summed E-state index contributed by atoms with van der Waals surface area (Å²) < 4.78 is 23.1. The summed E-state index contributed by atoms with van der Waals surface area (Å²) >= 11 is 0. The molecule has 0 fully saturated rings. The summed E-state index contributed by atoms with van der Waals surface area (Å²) in [4.78, 5) is 104. The zero-order valence-corrected chi connectivity index (χ0v) is 34.8. The summed E-state index contributed by atoms with van der Waals surface area (Å²) in [6.45, 7) is 15.1. The summed E-state index contributed by atoms with van der Waals surface area (Å²) in [5, 5.41) is 20.3. The molecule has 1 heterocycles. The van der Waals surface area contributed by atoms with Crippen LogP contribution in [0.2, 0.25) is 0 Å². The van der Waals surface area contributed by atoms with Crippen molar-refractivity contribution in [3.8, 4) is 0 Å². The largest absolute Gasteiger partial charge is 0.394 e. The molecule has 5 unspecified atom stereocenters. The Hall–Kier alpha value is -3.78. The van der Waals surface area contributed by atoms with Gasteiger partial charge in [0, 0.05) is 38.3 Å². The molecule has 320 valence electrons. The molecular weight excluding hydrogens is 755 g/mol. The predicted octanol–water partition coefficient (Wildman–Crippen LogP) is -0.922. The van der Waals surface area contributed by atoms with Crippen molar-refractivity contribution in [3.63, 3.8) is 0 Å². The number of amides is 6. The summed E-state index contributed by atoms with van der Waals surface area (Å²) in [5.74, 6) is -5.74. The molecule has 0 aromatic carbocycles. The highest BCUT2D eigenvalue weighted by molar-refractivity contribution is 7.51. The number of imide groups is 1. The third-order valence-corrected chi connectivity index (χ3v) is 9.27. The van der Waals surface area contributed by atoms with Gasteiger partial charge in [-0.2, -0.15) is 0 Å². The molecule has 0 saturated carbocycles. The van der Waals surface area contributed by atoms with Crippen molar-refractivity contribution >= 4 is 43.0 Å². The second-order valence-electron chi connectivity index (χ2n) is 15.8. The fourth-order valence-electron chi connectivity index (χ4n) is 5.34. The molecule has 0 aliphatic rings. The lowest BCUT2D eigenvalue weighted by atomic mass is 10.0. The van der Waals surface area contributed by atoms with Crippen molar-refractivity contribution in [1.82, 2.24) is 36.1 Å². The average molecular weight is 819 g/mol. The summed E-state index contributed by atoms with van der Waals surface area (Å²) in [7, 11) is -4.59. The van der Waals surface area contributed by atoms with E-state index < -0.39 is 91.5 Å². The lowest BCUT2D eigenvalue weighted by molar-refractivity contribution is -0.147. The lowest BCUT2D eigenvalue weighted by Gasteiger charge is -2.30. The van der Waals surface area contributed by atoms with Crippen molar-refractivity contribution in [2.75, 3.05) is 39.1 Å². The molecule has 0 aliphatic heterocycles. The number of aromatic amines is 1. The zero-order chi connectivity index (χ0) is 43.0. The predicted molar refractivity (Wildman–Crippen MR) is 204 cm³/mol. The number of nitrogens with one attached hydrogen (secondary N) is 5. The number of carbonyl (C=O) groups is 6. The minimum atomic E-state index is -4.59. The number of aliphatic hydroxyl groups excluding tert-OH is 1. The van der Waals surface area contributed by atoms with Gasteiger partial charge >= 0.3 is 7.60 Å². The highest BCUT2D eigenvalue weighted by Gasteiger charge is 2.34. The molecular formula is C35H63N8O12P. The van der Waals surface area contributed by atoms with Gasteiger partial charge in [0.15, 0.2) is 0 Å². The van der Waals surface area contributed by atoms with Crippen LogP contribution in [0.15, 0.2) is 12.5 Å². The Labute approximate surface area is 328 Å². The van der Waals surface area contributed by atoms with E-state index in [0.29, 0.717) is 18.7 Å². The number of nitrogens with zero attached hydrogens (tertiary/aromatic N) is 2. The molecule has 20 nitrogen and oxygen atoms in total. The third-order valence-electron chi connectivity index (χ3n) is 8.22. The Morgan fingerprint density at radius 2 is 1.54 bits per heavy atom. The molecule has 0 bridgehead atoms. The van der Waals surface area contributed by atoms with E-state index in [1.807, 2.05) is 48.5 Å². The van der Waals surface area contributed by atoms with Gasteiger partial charge in [-0.3, -0.25) is 38.2 Å².